The summed E-state index contributed by atoms with van der Waals surface area (Å²) in [6.07, 6.45) is 4.40. The number of nitrogens with one attached hydrogen (secondary N) is 2. The zero-order valence-electron chi connectivity index (χ0n) is 11.9. The van der Waals surface area contributed by atoms with Crippen LogP contribution in [-0.2, 0) is 4.79 Å². The van der Waals surface area contributed by atoms with E-state index in [1.807, 2.05) is 12.3 Å². The third-order valence-electron chi connectivity index (χ3n) is 4.22. The Hall–Kier alpha value is -0.980. The van der Waals surface area contributed by atoms with Gasteiger partial charge in [-0.05, 0) is 52.2 Å². The maximum atomic E-state index is 12.5. The van der Waals surface area contributed by atoms with Crippen LogP contribution in [0.25, 0.3) is 0 Å². The van der Waals surface area contributed by atoms with Gasteiger partial charge in [-0.15, -0.1) is 11.3 Å². The molecule has 3 rings (SSSR count). The van der Waals surface area contributed by atoms with Crippen LogP contribution < -0.4 is 10.6 Å². The first kappa shape index (κ1) is 14.0. The van der Waals surface area contributed by atoms with Gasteiger partial charge in [0, 0.05) is 11.4 Å². The fourth-order valence-corrected chi connectivity index (χ4v) is 3.94. The summed E-state index contributed by atoms with van der Waals surface area (Å²) in [6.45, 7) is 5.14. The number of amides is 1. The molecule has 20 heavy (non-hydrogen) atoms. The average Bonchev–Trinajstić information content (AvgIpc) is 3.09. The number of carbonyl (C=O) groups is 1. The molecule has 1 atom stereocenters. The van der Waals surface area contributed by atoms with Gasteiger partial charge >= 0.3 is 0 Å². The lowest BCUT2D eigenvalue weighted by Crippen LogP contribution is -2.49. The molecule has 3 heterocycles. The Morgan fingerprint density at radius 1 is 1.45 bits per heavy atom. The van der Waals surface area contributed by atoms with Crippen LogP contribution in [0.5, 0.6) is 0 Å². The summed E-state index contributed by atoms with van der Waals surface area (Å²) >= 11 is 1.50. The smallest absolute Gasteiger partial charge is 0.243 e. The molecule has 2 aliphatic rings. The van der Waals surface area contributed by atoms with Crippen LogP contribution in [-0.4, -0.2) is 47.5 Å². The Kier molecular flexibility index (Phi) is 4.33. The number of likely N-dealkylation sites (tertiary alicyclic amines) is 1. The molecule has 1 unspecified atom stereocenters. The molecule has 6 heteroatoms. The second kappa shape index (κ2) is 6.20. The molecule has 0 spiro atoms. The minimum atomic E-state index is 0.0299. The van der Waals surface area contributed by atoms with Crippen LogP contribution in [0.2, 0.25) is 0 Å². The van der Waals surface area contributed by atoms with Gasteiger partial charge in [-0.1, -0.05) is 0 Å². The second-order valence-corrected chi connectivity index (χ2v) is 6.52. The van der Waals surface area contributed by atoms with Gasteiger partial charge in [0.2, 0.25) is 5.91 Å². The third-order valence-corrected chi connectivity index (χ3v) is 5.10. The third kappa shape index (κ3) is 3.02. The number of nitrogens with zero attached hydrogens (tertiary/aromatic N) is 2. The Bertz CT molecular complexity index is 469. The Morgan fingerprint density at radius 3 is 2.95 bits per heavy atom. The van der Waals surface area contributed by atoms with Crippen molar-refractivity contribution in [3.63, 3.8) is 0 Å². The van der Waals surface area contributed by atoms with Crippen molar-refractivity contribution in [1.29, 1.82) is 0 Å². The predicted octanol–water partition coefficient (Wildman–Crippen LogP) is 1.61. The van der Waals surface area contributed by atoms with E-state index < -0.39 is 0 Å². The molecule has 0 radical (unpaired) electrons. The maximum Gasteiger partial charge on any atom is 0.243 e. The van der Waals surface area contributed by atoms with Crippen molar-refractivity contribution in [2.45, 2.75) is 44.7 Å². The molecule has 2 saturated heterocycles. The van der Waals surface area contributed by atoms with E-state index in [-0.39, 0.29) is 11.9 Å². The second-order valence-electron chi connectivity index (χ2n) is 5.66. The normalized spacial score (nSPS) is 24.9. The highest BCUT2D eigenvalue weighted by molar-refractivity contribution is 7.13. The van der Waals surface area contributed by atoms with Gasteiger partial charge in [-0.3, -0.25) is 9.69 Å². The number of aryl methyl sites for hydroxylation is 1. The number of hydrogen-bond donors (Lipinski definition) is 2. The number of rotatable bonds is 3. The molecular formula is C14H22N4OS. The molecular weight excluding hydrogens is 272 g/mol. The standard InChI is InChI=1S/C14H22N4OS/c1-10-9-20-14(16-10)17-13(19)12-3-2-8-18(12)11-4-6-15-7-5-11/h9,11-12,15H,2-8H2,1H3,(H,16,17,19). The molecule has 5 nitrogen and oxygen atoms in total. The van der Waals surface area contributed by atoms with E-state index in [9.17, 15) is 4.79 Å². The van der Waals surface area contributed by atoms with Gasteiger partial charge in [-0.2, -0.15) is 0 Å². The van der Waals surface area contributed by atoms with Gasteiger partial charge in [-0.25, -0.2) is 4.98 Å². The molecule has 110 valence electrons. The molecule has 1 amide bonds. The van der Waals surface area contributed by atoms with Crippen molar-refractivity contribution in [3.05, 3.63) is 11.1 Å². The maximum absolute atomic E-state index is 12.5. The van der Waals surface area contributed by atoms with Crippen molar-refractivity contribution in [2.75, 3.05) is 25.0 Å². The first-order chi connectivity index (χ1) is 9.74. The van der Waals surface area contributed by atoms with Crippen molar-refractivity contribution in [1.82, 2.24) is 15.2 Å². The summed E-state index contributed by atoms with van der Waals surface area (Å²) < 4.78 is 0. The van der Waals surface area contributed by atoms with Gasteiger partial charge in [0.05, 0.1) is 11.7 Å². The molecule has 1 aromatic rings. The minimum absolute atomic E-state index is 0.0299. The summed E-state index contributed by atoms with van der Waals surface area (Å²) in [5, 5.41) is 9.07. The van der Waals surface area contributed by atoms with E-state index in [1.54, 1.807) is 0 Å². The zero-order valence-corrected chi connectivity index (χ0v) is 12.7. The monoisotopic (exact) mass is 294 g/mol. The molecule has 0 aliphatic carbocycles. The highest BCUT2D eigenvalue weighted by Gasteiger charge is 2.35. The van der Waals surface area contributed by atoms with Crippen molar-refractivity contribution < 1.29 is 4.79 Å². The summed E-state index contributed by atoms with van der Waals surface area (Å²) in [5.74, 6) is 0.121. The minimum Gasteiger partial charge on any atom is -0.317 e. The zero-order chi connectivity index (χ0) is 13.9. The van der Waals surface area contributed by atoms with Crippen LogP contribution in [0, 0.1) is 6.92 Å². The van der Waals surface area contributed by atoms with E-state index in [1.165, 1.54) is 11.3 Å². The van der Waals surface area contributed by atoms with Crippen molar-refractivity contribution >= 4 is 22.4 Å². The Balaban J connectivity index is 1.63. The summed E-state index contributed by atoms with van der Waals surface area (Å²) in [5.41, 5.74) is 0.965. The molecule has 2 N–H and O–H groups in total. The fraction of sp³-hybridized carbons (Fsp3) is 0.714. The highest BCUT2D eigenvalue weighted by Crippen LogP contribution is 2.26. The van der Waals surface area contributed by atoms with Crippen LogP contribution >= 0.6 is 11.3 Å². The van der Waals surface area contributed by atoms with Gasteiger partial charge in [0.1, 0.15) is 0 Å². The van der Waals surface area contributed by atoms with Crippen molar-refractivity contribution in [3.8, 4) is 0 Å². The van der Waals surface area contributed by atoms with Gasteiger partial charge in [0.15, 0.2) is 5.13 Å². The van der Waals surface area contributed by atoms with Crippen LogP contribution in [0.3, 0.4) is 0 Å². The average molecular weight is 294 g/mol. The lowest BCUT2D eigenvalue weighted by atomic mass is 10.0. The van der Waals surface area contributed by atoms with Crippen LogP contribution in [0.15, 0.2) is 5.38 Å². The molecule has 2 fully saturated rings. The SMILES string of the molecule is Cc1csc(NC(=O)C2CCCN2C2CCNCC2)n1. The molecule has 2 aliphatic heterocycles. The summed E-state index contributed by atoms with van der Waals surface area (Å²) in [7, 11) is 0. The van der Waals surface area contributed by atoms with E-state index >= 15 is 0 Å². The Labute approximate surface area is 123 Å². The molecule has 1 aromatic heterocycles. The predicted molar refractivity (Wildman–Crippen MR) is 81.1 cm³/mol. The molecule has 0 bridgehead atoms. The first-order valence-electron chi connectivity index (χ1n) is 7.43. The quantitative estimate of drug-likeness (QED) is 0.889. The molecule has 0 aromatic carbocycles. The lowest BCUT2D eigenvalue weighted by molar-refractivity contribution is -0.121. The number of aromatic nitrogens is 1. The molecule has 0 saturated carbocycles. The summed E-state index contributed by atoms with van der Waals surface area (Å²) in [4.78, 5) is 19.2. The van der Waals surface area contributed by atoms with E-state index in [4.69, 9.17) is 0 Å². The van der Waals surface area contributed by atoms with Crippen molar-refractivity contribution in [2.24, 2.45) is 0 Å². The lowest BCUT2D eigenvalue weighted by Gasteiger charge is -2.35. The first-order valence-corrected chi connectivity index (χ1v) is 8.31. The largest absolute Gasteiger partial charge is 0.317 e. The highest BCUT2D eigenvalue weighted by atomic mass is 32.1. The number of piperidine rings is 1. The number of hydrogen-bond acceptors (Lipinski definition) is 5. The van der Waals surface area contributed by atoms with Gasteiger partial charge < -0.3 is 10.6 Å². The number of carbonyl (C=O) groups excluding carboxylic acids is 1. The Morgan fingerprint density at radius 2 is 2.25 bits per heavy atom. The van der Waals surface area contributed by atoms with E-state index in [0.29, 0.717) is 6.04 Å². The van der Waals surface area contributed by atoms with E-state index in [2.05, 4.69) is 20.5 Å². The number of thiazole rings is 1. The van der Waals surface area contributed by atoms with Gasteiger partial charge in [0.25, 0.3) is 0 Å². The van der Waals surface area contributed by atoms with Crippen LogP contribution in [0.1, 0.15) is 31.4 Å². The summed E-state index contributed by atoms with van der Waals surface area (Å²) in [6, 6.07) is 0.592. The van der Waals surface area contributed by atoms with E-state index in [0.717, 1.165) is 56.1 Å². The van der Waals surface area contributed by atoms with Crippen LogP contribution in [0.4, 0.5) is 5.13 Å². The topological polar surface area (TPSA) is 57.3 Å². The fourth-order valence-electron chi connectivity index (χ4n) is 3.25. The number of anilines is 1.